The molecule has 0 aliphatic rings. The highest BCUT2D eigenvalue weighted by molar-refractivity contribution is 6.19. The molecule has 0 saturated heterocycles. The minimum atomic E-state index is -1.26. The van der Waals surface area contributed by atoms with Crippen LogP contribution in [-0.2, 0) is 9.59 Å². The molecule has 2 unspecified atom stereocenters. The second-order valence-electron chi connectivity index (χ2n) is 4.29. The van der Waals surface area contributed by atoms with Crippen LogP contribution in [0.3, 0.4) is 0 Å². The number of nitrogens with one attached hydrogen (secondary N) is 1. The highest BCUT2D eigenvalue weighted by Crippen LogP contribution is 2.21. The normalized spacial score (nSPS) is 13.6. The molecular formula is C13H17ClN2O4. The minimum Gasteiger partial charge on any atom is -0.390 e. The lowest BCUT2D eigenvalue weighted by molar-refractivity contribution is -0.121. The van der Waals surface area contributed by atoms with Gasteiger partial charge in [0.25, 0.3) is 0 Å². The average molecular weight is 301 g/mol. The van der Waals surface area contributed by atoms with Gasteiger partial charge < -0.3 is 21.3 Å². The summed E-state index contributed by atoms with van der Waals surface area (Å²) in [4.78, 5) is 22.0. The van der Waals surface area contributed by atoms with Crippen molar-refractivity contribution in [2.75, 3.05) is 11.2 Å². The molecule has 2 amide bonds. The molecule has 2 atom stereocenters. The molecule has 6 nitrogen and oxygen atoms in total. The molecule has 0 saturated carbocycles. The topological polar surface area (TPSA) is 113 Å². The Kier molecular flexibility index (Phi) is 6.44. The van der Waals surface area contributed by atoms with Crippen LogP contribution in [-0.4, -0.2) is 34.0 Å². The van der Waals surface area contributed by atoms with E-state index in [9.17, 15) is 19.8 Å². The Morgan fingerprint density at radius 3 is 2.35 bits per heavy atom. The number of alkyl halides is 1. The number of anilines is 1. The average Bonchev–Trinajstić information content (AvgIpc) is 2.38. The lowest BCUT2D eigenvalue weighted by atomic mass is 10.0. The predicted octanol–water partition coefficient (Wildman–Crippen LogP) is 0.524. The molecule has 1 aromatic rings. The monoisotopic (exact) mass is 300 g/mol. The molecule has 0 bridgehead atoms. The molecular weight excluding hydrogens is 284 g/mol. The summed E-state index contributed by atoms with van der Waals surface area (Å²) in [7, 11) is 0. The Labute approximate surface area is 121 Å². The van der Waals surface area contributed by atoms with Crippen molar-refractivity contribution >= 4 is 29.1 Å². The van der Waals surface area contributed by atoms with Crippen molar-refractivity contribution in [2.24, 2.45) is 5.73 Å². The Hall–Kier alpha value is -1.63. The fourth-order valence-corrected chi connectivity index (χ4v) is 1.78. The molecule has 7 heteroatoms. The van der Waals surface area contributed by atoms with Crippen molar-refractivity contribution in [1.82, 2.24) is 0 Å². The summed E-state index contributed by atoms with van der Waals surface area (Å²) < 4.78 is 0. The molecule has 0 aliphatic heterocycles. The quantitative estimate of drug-likeness (QED) is 0.550. The number of aliphatic hydroxyl groups excluding tert-OH is 2. The molecule has 0 spiro atoms. The third-order valence-corrected chi connectivity index (χ3v) is 2.82. The van der Waals surface area contributed by atoms with Gasteiger partial charge in [-0.3, -0.25) is 9.59 Å². The minimum absolute atomic E-state index is 0.206. The van der Waals surface area contributed by atoms with E-state index in [1.54, 1.807) is 24.3 Å². The molecule has 1 rings (SSSR count). The zero-order valence-corrected chi connectivity index (χ0v) is 11.5. The van der Waals surface area contributed by atoms with Gasteiger partial charge in [0.15, 0.2) is 0 Å². The number of carbonyl (C=O) groups excluding carboxylic acids is 2. The van der Waals surface area contributed by atoms with Crippen molar-refractivity contribution in [3.8, 4) is 0 Å². The number of benzene rings is 1. The Balaban J connectivity index is 2.65. The number of nitrogens with two attached hydrogens (primary N) is 1. The number of carbonyl (C=O) groups is 2. The largest absolute Gasteiger partial charge is 0.390 e. The van der Waals surface area contributed by atoms with Crippen LogP contribution >= 0.6 is 11.6 Å². The predicted molar refractivity (Wildman–Crippen MR) is 75.2 cm³/mol. The van der Waals surface area contributed by atoms with Crippen LogP contribution in [0.15, 0.2) is 24.3 Å². The molecule has 0 heterocycles. The third-order valence-electron chi connectivity index (χ3n) is 2.63. The summed E-state index contributed by atoms with van der Waals surface area (Å²) in [5, 5.41) is 22.1. The van der Waals surface area contributed by atoms with Crippen LogP contribution in [0, 0.1) is 0 Å². The van der Waals surface area contributed by atoms with Gasteiger partial charge in [0.05, 0.1) is 12.5 Å². The van der Waals surface area contributed by atoms with Gasteiger partial charge in [-0.2, -0.15) is 0 Å². The van der Waals surface area contributed by atoms with Gasteiger partial charge in [-0.05, 0) is 17.7 Å². The van der Waals surface area contributed by atoms with E-state index in [0.29, 0.717) is 11.3 Å². The lowest BCUT2D eigenvalue weighted by Gasteiger charge is -2.17. The molecule has 20 heavy (non-hydrogen) atoms. The molecule has 5 N–H and O–H groups in total. The molecule has 0 aromatic heterocycles. The second-order valence-corrected chi connectivity index (χ2v) is 4.67. The van der Waals surface area contributed by atoms with Crippen LogP contribution in [0.25, 0.3) is 0 Å². The van der Waals surface area contributed by atoms with E-state index in [1.165, 1.54) is 0 Å². The van der Waals surface area contributed by atoms with Gasteiger partial charge in [-0.15, -0.1) is 11.6 Å². The molecule has 1 aromatic carbocycles. The number of aliphatic hydroxyl groups is 2. The Morgan fingerprint density at radius 2 is 1.85 bits per heavy atom. The van der Waals surface area contributed by atoms with Gasteiger partial charge in [0.2, 0.25) is 11.8 Å². The van der Waals surface area contributed by atoms with Crippen molar-refractivity contribution in [2.45, 2.75) is 25.0 Å². The fourth-order valence-electron chi connectivity index (χ4n) is 1.61. The maximum Gasteiger partial charge on any atom is 0.225 e. The summed E-state index contributed by atoms with van der Waals surface area (Å²) in [6.07, 6.45) is -2.59. The Bertz CT molecular complexity index is 464. The van der Waals surface area contributed by atoms with Crippen molar-refractivity contribution < 1.29 is 19.8 Å². The van der Waals surface area contributed by atoms with Crippen LogP contribution in [0.2, 0.25) is 0 Å². The smallest absolute Gasteiger partial charge is 0.225 e. The highest BCUT2D eigenvalue weighted by Gasteiger charge is 2.20. The first-order chi connectivity index (χ1) is 9.43. The number of halogens is 1. The van der Waals surface area contributed by atoms with Crippen LogP contribution in [0.1, 0.15) is 24.5 Å². The van der Waals surface area contributed by atoms with Crippen molar-refractivity contribution in [1.29, 1.82) is 0 Å². The Morgan fingerprint density at radius 1 is 1.25 bits per heavy atom. The van der Waals surface area contributed by atoms with Gasteiger partial charge in [0.1, 0.15) is 6.10 Å². The molecule has 0 aliphatic carbocycles. The van der Waals surface area contributed by atoms with Gasteiger partial charge >= 0.3 is 0 Å². The van der Waals surface area contributed by atoms with Crippen LogP contribution < -0.4 is 11.1 Å². The zero-order valence-electron chi connectivity index (χ0n) is 10.8. The van der Waals surface area contributed by atoms with Crippen molar-refractivity contribution in [3.63, 3.8) is 0 Å². The zero-order chi connectivity index (χ0) is 15.1. The van der Waals surface area contributed by atoms with Crippen LogP contribution in [0.4, 0.5) is 5.69 Å². The van der Waals surface area contributed by atoms with Crippen LogP contribution in [0.5, 0.6) is 0 Å². The first kappa shape index (κ1) is 16.4. The number of rotatable bonds is 7. The van der Waals surface area contributed by atoms with E-state index >= 15 is 0 Å². The van der Waals surface area contributed by atoms with E-state index in [4.69, 9.17) is 17.3 Å². The highest BCUT2D eigenvalue weighted by atomic mass is 35.5. The van der Waals surface area contributed by atoms with E-state index in [0.717, 1.165) is 0 Å². The number of hydrogen-bond acceptors (Lipinski definition) is 4. The SMILES string of the molecule is NC(=O)CC(O)C(O)c1ccc(NC(=O)CCCl)cc1. The van der Waals surface area contributed by atoms with Gasteiger partial charge in [-0.1, -0.05) is 12.1 Å². The first-order valence-corrected chi connectivity index (χ1v) is 6.57. The maximum absolute atomic E-state index is 11.3. The number of primary amides is 1. The second kappa shape index (κ2) is 7.84. The summed E-state index contributed by atoms with van der Waals surface area (Å²) in [5.41, 5.74) is 5.93. The summed E-state index contributed by atoms with van der Waals surface area (Å²) in [6, 6.07) is 6.26. The summed E-state index contributed by atoms with van der Waals surface area (Å²) >= 11 is 5.45. The maximum atomic E-state index is 11.3. The van der Waals surface area contributed by atoms with Crippen molar-refractivity contribution in [3.05, 3.63) is 29.8 Å². The first-order valence-electron chi connectivity index (χ1n) is 6.04. The summed E-state index contributed by atoms with van der Waals surface area (Å²) in [6.45, 7) is 0. The van der Waals surface area contributed by atoms with E-state index in [-0.39, 0.29) is 24.6 Å². The van der Waals surface area contributed by atoms with Gasteiger partial charge in [-0.25, -0.2) is 0 Å². The third kappa shape index (κ3) is 5.16. The van der Waals surface area contributed by atoms with E-state index < -0.39 is 18.1 Å². The van der Waals surface area contributed by atoms with E-state index in [2.05, 4.69) is 5.32 Å². The number of amides is 2. The molecule has 110 valence electrons. The fraction of sp³-hybridized carbons (Fsp3) is 0.385. The summed E-state index contributed by atoms with van der Waals surface area (Å²) in [5.74, 6) is -0.661. The lowest BCUT2D eigenvalue weighted by Crippen LogP contribution is -2.25. The van der Waals surface area contributed by atoms with Gasteiger partial charge in [0, 0.05) is 18.0 Å². The standard InChI is InChI=1S/C13H17ClN2O4/c14-6-5-12(19)16-9-3-1-8(2-4-9)13(20)10(17)7-11(15)18/h1-4,10,13,17,20H,5-7H2,(H2,15,18)(H,16,19). The number of hydrogen-bond donors (Lipinski definition) is 4. The molecule has 0 fully saturated rings. The van der Waals surface area contributed by atoms with E-state index in [1.807, 2.05) is 0 Å². The molecule has 0 radical (unpaired) electrons.